The van der Waals surface area contributed by atoms with Crippen LogP contribution in [0.25, 0.3) is 0 Å². The first kappa shape index (κ1) is 21.4. The molecule has 1 fully saturated rings. The van der Waals surface area contributed by atoms with Crippen LogP contribution >= 0.6 is 0 Å². The van der Waals surface area contributed by atoms with E-state index in [-0.39, 0.29) is 29.4 Å². The number of aliphatic hydroxyl groups excluding tert-OH is 1. The second kappa shape index (κ2) is 8.03. The zero-order chi connectivity index (χ0) is 23.0. The van der Waals surface area contributed by atoms with Gasteiger partial charge in [0.1, 0.15) is 24.4 Å². The van der Waals surface area contributed by atoms with Gasteiger partial charge < -0.3 is 24.1 Å². The summed E-state index contributed by atoms with van der Waals surface area (Å²) in [6.07, 6.45) is 4.29. The number of carbonyl (C=O) groups is 1. The van der Waals surface area contributed by atoms with E-state index in [2.05, 4.69) is 5.92 Å². The molecule has 32 heavy (non-hydrogen) atoms. The van der Waals surface area contributed by atoms with Crippen molar-refractivity contribution < 1.29 is 33.8 Å². The van der Waals surface area contributed by atoms with Crippen LogP contribution in [0, 0.1) is 22.5 Å². The van der Waals surface area contributed by atoms with E-state index in [1.807, 2.05) is 0 Å². The molecule has 1 N–H and O–H groups in total. The monoisotopic (exact) mass is 440 g/mol. The van der Waals surface area contributed by atoms with E-state index >= 15 is 0 Å². The molecule has 1 saturated heterocycles. The molecular weight excluding hydrogens is 420 g/mol. The number of carbonyl (C=O) groups excluding carboxylic acids is 1. The highest BCUT2D eigenvalue weighted by atomic mass is 16.6. The van der Waals surface area contributed by atoms with Crippen LogP contribution in [0.5, 0.6) is 11.5 Å². The number of epoxide rings is 1. The zero-order valence-corrected chi connectivity index (χ0v) is 17.3. The number of ether oxygens (including phenoxy) is 4. The lowest BCUT2D eigenvalue weighted by atomic mass is 9.86. The summed E-state index contributed by atoms with van der Waals surface area (Å²) in [5.74, 6) is 2.97. The van der Waals surface area contributed by atoms with Crippen LogP contribution in [-0.4, -0.2) is 49.1 Å². The fourth-order valence-corrected chi connectivity index (χ4v) is 4.05. The van der Waals surface area contributed by atoms with Crippen LogP contribution in [0.1, 0.15) is 11.1 Å². The van der Waals surface area contributed by atoms with Crippen LogP contribution < -0.4 is 14.4 Å². The first-order valence-electron chi connectivity index (χ1n) is 9.61. The van der Waals surface area contributed by atoms with Crippen molar-refractivity contribution in [3.05, 3.63) is 57.6 Å². The Morgan fingerprint density at radius 1 is 1.31 bits per heavy atom. The van der Waals surface area contributed by atoms with Gasteiger partial charge in [-0.3, -0.25) is 15.0 Å². The van der Waals surface area contributed by atoms with E-state index in [1.165, 1.54) is 31.3 Å². The number of para-hydroxylation sites is 1. The van der Waals surface area contributed by atoms with Gasteiger partial charge in [-0.15, -0.1) is 6.42 Å². The number of aliphatic hydroxyl groups is 1. The first-order chi connectivity index (χ1) is 15.4. The number of amides is 1. The Morgan fingerprint density at radius 2 is 2.00 bits per heavy atom. The van der Waals surface area contributed by atoms with E-state index in [0.29, 0.717) is 11.3 Å². The van der Waals surface area contributed by atoms with Crippen molar-refractivity contribution in [1.29, 1.82) is 0 Å². The molecule has 0 unspecified atom stereocenters. The van der Waals surface area contributed by atoms with Gasteiger partial charge in [-0.2, -0.15) is 0 Å². The summed E-state index contributed by atoms with van der Waals surface area (Å²) in [4.78, 5) is 25.3. The second-order valence-corrected chi connectivity index (χ2v) is 7.23. The highest BCUT2D eigenvalue weighted by Gasteiger charge is 2.66. The molecule has 0 bridgehead atoms. The molecule has 0 radical (unpaired) electrons. The second-order valence-electron chi connectivity index (χ2n) is 7.23. The van der Waals surface area contributed by atoms with Gasteiger partial charge in [0.05, 0.1) is 43.1 Å². The Hall–Kier alpha value is -3.81. The van der Waals surface area contributed by atoms with Crippen molar-refractivity contribution in [2.45, 2.75) is 24.4 Å². The number of nitro benzene ring substituents is 1. The molecule has 0 aliphatic carbocycles. The molecule has 10 nitrogen and oxygen atoms in total. The van der Waals surface area contributed by atoms with Crippen molar-refractivity contribution in [2.24, 2.45) is 0 Å². The molecule has 2 aromatic rings. The average Bonchev–Trinajstić information content (AvgIpc) is 3.57. The maximum absolute atomic E-state index is 13.1. The lowest BCUT2D eigenvalue weighted by Gasteiger charge is -2.34. The average molecular weight is 440 g/mol. The van der Waals surface area contributed by atoms with Gasteiger partial charge >= 0.3 is 6.09 Å². The number of terminal acetylenes is 1. The Balaban J connectivity index is 1.64. The molecule has 4 rings (SSSR count). The highest BCUT2D eigenvalue weighted by Crippen LogP contribution is 2.55. The van der Waals surface area contributed by atoms with Crippen molar-refractivity contribution in [2.75, 3.05) is 25.7 Å². The summed E-state index contributed by atoms with van der Waals surface area (Å²) in [7, 11) is 2.76. The van der Waals surface area contributed by atoms with Crippen molar-refractivity contribution in [3.8, 4) is 23.8 Å². The molecule has 0 saturated carbocycles. The number of methoxy groups -OCH3 is 2. The van der Waals surface area contributed by atoms with Gasteiger partial charge in [-0.25, -0.2) is 4.79 Å². The largest absolute Gasteiger partial charge is 0.493 e. The Labute approximate surface area is 183 Å². The summed E-state index contributed by atoms with van der Waals surface area (Å²) < 4.78 is 21.5. The molecule has 1 amide bonds. The Morgan fingerprint density at radius 3 is 2.62 bits per heavy atom. The smallest absolute Gasteiger partial charge is 0.415 e. The van der Waals surface area contributed by atoms with E-state index in [4.69, 9.17) is 25.4 Å². The van der Waals surface area contributed by atoms with E-state index in [0.717, 1.165) is 0 Å². The van der Waals surface area contributed by atoms with Crippen LogP contribution in [0.4, 0.5) is 16.2 Å². The minimum atomic E-state index is -0.952. The third kappa shape index (κ3) is 3.19. The fraction of sp³-hybridized carbons (Fsp3) is 0.318. The van der Waals surface area contributed by atoms with E-state index in [9.17, 15) is 20.0 Å². The summed E-state index contributed by atoms with van der Waals surface area (Å²) in [5.41, 5.74) is -0.0473. The standard InChI is InChI=1S/C22H20N2O8/c1-4-15-20-22(12-25,32-20)14-7-5-6-8-16(14)23(15)21(26)31-11-13-9-18(29-2)19(30-3)10-17(13)24(27)28/h1,5-10,15,20,25H,11-12H2,2-3H3/t15-,20-,22+/m0/s1. The number of rotatable bonds is 6. The van der Waals surface area contributed by atoms with Crippen LogP contribution in [0.15, 0.2) is 36.4 Å². The molecule has 3 atom stereocenters. The minimum Gasteiger partial charge on any atom is -0.493 e. The number of nitrogens with zero attached hydrogens (tertiary/aromatic N) is 2. The first-order valence-corrected chi connectivity index (χ1v) is 9.61. The number of hydrogen-bond donors (Lipinski definition) is 1. The third-order valence-corrected chi connectivity index (χ3v) is 5.66. The van der Waals surface area contributed by atoms with Gasteiger partial charge in [-0.05, 0) is 12.1 Å². The van der Waals surface area contributed by atoms with Crippen LogP contribution in [-0.2, 0) is 21.7 Å². The summed E-state index contributed by atoms with van der Waals surface area (Å²) in [5, 5.41) is 21.4. The molecule has 2 aliphatic heterocycles. The predicted molar refractivity (Wildman–Crippen MR) is 112 cm³/mol. The van der Waals surface area contributed by atoms with Gasteiger partial charge in [0, 0.05) is 5.56 Å². The summed E-state index contributed by atoms with van der Waals surface area (Å²) in [6, 6.07) is 8.68. The Kier molecular flexibility index (Phi) is 5.38. The molecule has 10 heteroatoms. The predicted octanol–water partition coefficient (Wildman–Crippen LogP) is 2.36. The fourth-order valence-electron chi connectivity index (χ4n) is 4.05. The summed E-state index contributed by atoms with van der Waals surface area (Å²) >= 11 is 0. The minimum absolute atomic E-state index is 0.121. The quantitative estimate of drug-likeness (QED) is 0.314. The normalized spacial score (nSPS) is 22.8. The lowest BCUT2D eigenvalue weighted by molar-refractivity contribution is -0.385. The number of anilines is 1. The van der Waals surface area contributed by atoms with Crippen molar-refractivity contribution in [1.82, 2.24) is 0 Å². The molecule has 2 heterocycles. The molecule has 2 aliphatic rings. The number of nitro groups is 1. The van der Waals surface area contributed by atoms with Gasteiger partial charge in [0.25, 0.3) is 5.69 Å². The molecule has 0 aromatic heterocycles. The third-order valence-electron chi connectivity index (χ3n) is 5.66. The number of hydrogen-bond acceptors (Lipinski definition) is 8. The molecule has 2 aromatic carbocycles. The topological polar surface area (TPSA) is 124 Å². The molecule has 166 valence electrons. The maximum atomic E-state index is 13.1. The van der Waals surface area contributed by atoms with Gasteiger partial charge in [0.15, 0.2) is 11.5 Å². The summed E-state index contributed by atoms with van der Waals surface area (Å²) in [6.45, 7) is -0.685. The van der Waals surface area contributed by atoms with Crippen LogP contribution in [0.3, 0.4) is 0 Å². The maximum Gasteiger partial charge on any atom is 0.415 e. The Bertz CT molecular complexity index is 1130. The van der Waals surface area contributed by atoms with E-state index in [1.54, 1.807) is 24.3 Å². The lowest BCUT2D eigenvalue weighted by Crippen LogP contribution is -2.49. The number of benzene rings is 2. The molecular formula is C22H20N2O8. The van der Waals surface area contributed by atoms with Crippen molar-refractivity contribution in [3.63, 3.8) is 0 Å². The number of fused-ring (bicyclic) bond motifs is 3. The molecule has 0 spiro atoms. The SMILES string of the molecule is C#C[C@H]1[C@@H]2O[C@]2(CO)c2ccccc2N1C(=O)OCc1cc(OC)c(OC)cc1[N+](=O)[O-]. The van der Waals surface area contributed by atoms with Crippen LogP contribution in [0.2, 0.25) is 0 Å². The van der Waals surface area contributed by atoms with Gasteiger partial charge in [0.2, 0.25) is 0 Å². The zero-order valence-electron chi connectivity index (χ0n) is 17.3. The van der Waals surface area contributed by atoms with Gasteiger partial charge in [-0.1, -0.05) is 24.1 Å². The van der Waals surface area contributed by atoms with Crippen molar-refractivity contribution >= 4 is 17.5 Å². The van der Waals surface area contributed by atoms with E-state index < -0.39 is 35.4 Å². The highest BCUT2D eigenvalue weighted by molar-refractivity contribution is 5.92.